The summed E-state index contributed by atoms with van der Waals surface area (Å²) in [6.07, 6.45) is 9.42. The average Bonchev–Trinajstić information content (AvgIpc) is 2.79. The molecule has 1 unspecified atom stereocenters. The van der Waals surface area contributed by atoms with Crippen LogP contribution >= 0.6 is 0 Å². The van der Waals surface area contributed by atoms with Gasteiger partial charge in [-0.05, 0) is 31.1 Å². The Balaban J connectivity index is 2.31. The van der Waals surface area contributed by atoms with Gasteiger partial charge in [-0.25, -0.2) is 4.68 Å². The van der Waals surface area contributed by atoms with Crippen molar-refractivity contribution in [2.24, 2.45) is 11.8 Å². The molecule has 0 aliphatic rings. The monoisotopic (exact) mass is 251 g/mol. The summed E-state index contributed by atoms with van der Waals surface area (Å²) in [5.41, 5.74) is 1.31. The Labute approximate surface area is 112 Å². The Hall–Kier alpha value is -0.860. The molecule has 0 N–H and O–H groups in total. The molecule has 3 nitrogen and oxygen atoms in total. The minimum Gasteiger partial charge on any atom is -0.249 e. The molecule has 0 aliphatic carbocycles. The average molecular weight is 251 g/mol. The molecule has 1 rings (SSSR count). The summed E-state index contributed by atoms with van der Waals surface area (Å²) >= 11 is 0. The van der Waals surface area contributed by atoms with E-state index in [0.29, 0.717) is 0 Å². The van der Waals surface area contributed by atoms with E-state index in [1.54, 1.807) is 0 Å². The molecule has 0 amide bonds. The number of hydrogen-bond donors (Lipinski definition) is 0. The lowest BCUT2D eigenvalue weighted by atomic mass is 10.0. The third-order valence-corrected chi connectivity index (χ3v) is 3.69. The van der Waals surface area contributed by atoms with E-state index in [4.69, 9.17) is 0 Å². The van der Waals surface area contributed by atoms with E-state index in [1.165, 1.54) is 37.8 Å². The van der Waals surface area contributed by atoms with Crippen LogP contribution in [0.15, 0.2) is 6.20 Å². The minimum atomic E-state index is 0.781. The Morgan fingerprint density at radius 1 is 1.17 bits per heavy atom. The lowest BCUT2D eigenvalue weighted by molar-refractivity contribution is 0.432. The van der Waals surface area contributed by atoms with Gasteiger partial charge in [0.25, 0.3) is 0 Å². The maximum Gasteiger partial charge on any atom is 0.0725 e. The highest BCUT2D eigenvalue weighted by atomic mass is 15.4. The molecule has 1 atom stereocenters. The number of rotatable bonds is 9. The van der Waals surface area contributed by atoms with Crippen LogP contribution in [0.1, 0.15) is 65.5 Å². The highest BCUT2D eigenvalue weighted by Crippen LogP contribution is 2.12. The second-order valence-corrected chi connectivity index (χ2v) is 5.89. The van der Waals surface area contributed by atoms with Crippen LogP contribution in [-0.4, -0.2) is 15.0 Å². The van der Waals surface area contributed by atoms with Crippen LogP contribution in [-0.2, 0) is 13.0 Å². The maximum atomic E-state index is 4.20. The van der Waals surface area contributed by atoms with E-state index in [1.807, 2.05) is 6.20 Å². The molecule has 0 saturated carbocycles. The molecule has 18 heavy (non-hydrogen) atoms. The van der Waals surface area contributed by atoms with Crippen molar-refractivity contribution in [2.45, 2.75) is 72.8 Å². The zero-order valence-corrected chi connectivity index (χ0v) is 12.5. The van der Waals surface area contributed by atoms with Gasteiger partial charge in [0.2, 0.25) is 0 Å². The van der Waals surface area contributed by atoms with Gasteiger partial charge in [0, 0.05) is 6.54 Å². The van der Waals surface area contributed by atoms with Crippen molar-refractivity contribution in [3.63, 3.8) is 0 Å². The van der Waals surface area contributed by atoms with Crippen molar-refractivity contribution in [3.05, 3.63) is 11.9 Å². The number of aromatic nitrogens is 3. The predicted molar refractivity (Wildman–Crippen MR) is 76.5 cm³/mol. The molecule has 0 fully saturated rings. The van der Waals surface area contributed by atoms with Gasteiger partial charge < -0.3 is 0 Å². The lowest BCUT2D eigenvalue weighted by Crippen LogP contribution is -2.08. The quantitative estimate of drug-likeness (QED) is 0.619. The van der Waals surface area contributed by atoms with Gasteiger partial charge in [0.15, 0.2) is 0 Å². The van der Waals surface area contributed by atoms with Crippen LogP contribution < -0.4 is 0 Å². The second-order valence-electron chi connectivity index (χ2n) is 5.89. The summed E-state index contributed by atoms with van der Waals surface area (Å²) in [4.78, 5) is 0. The van der Waals surface area contributed by atoms with E-state index in [2.05, 4.69) is 42.7 Å². The standard InChI is InChI=1S/C15H29N3/c1-5-14(4)10-11-18-15(12-16-17-18)9-7-6-8-13(2)3/h12-14H,5-11H2,1-4H3. The van der Waals surface area contributed by atoms with E-state index < -0.39 is 0 Å². The van der Waals surface area contributed by atoms with Crippen LogP contribution in [0, 0.1) is 11.8 Å². The second kappa shape index (κ2) is 8.28. The number of hydrogen-bond acceptors (Lipinski definition) is 2. The molecule has 1 aromatic heterocycles. The molecule has 0 spiro atoms. The molecular formula is C15H29N3. The molecule has 0 saturated heterocycles. The number of unbranched alkanes of at least 4 members (excludes halogenated alkanes) is 1. The Kier molecular flexibility index (Phi) is 6.99. The normalized spacial score (nSPS) is 13.2. The third-order valence-electron chi connectivity index (χ3n) is 3.69. The largest absolute Gasteiger partial charge is 0.249 e. The third kappa shape index (κ3) is 5.65. The molecule has 0 bridgehead atoms. The Morgan fingerprint density at radius 3 is 2.61 bits per heavy atom. The van der Waals surface area contributed by atoms with E-state index >= 15 is 0 Å². The van der Waals surface area contributed by atoms with Gasteiger partial charge in [-0.1, -0.05) is 52.2 Å². The topological polar surface area (TPSA) is 30.7 Å². The van der Waals surface area contributed by atoms with Crippen molar-refractivity contribution in [3.8, 4) is 0 Å². The zero-order chi connectivity index (χ0) is 13.4. The molecule has 0 radical (unpaired) electrons. The zero-order valence-electron chi connectivity index (χ0n) is 12.5. The lowest BCUT2D eigenvalue weighted by Gasteiger charge is -2.10. The summed E-state index contributed by atoms with van der Waals surface area (Å²) < 4.78 is 2.10. The van der Waals surface area contributed by atoms with Crippen LogP contribution in [0.3, 0.4) is 0 Å². The van der Waals surface area contributed by atoms with Crippen molar-refractivity contribution in [1.82, 2.24) is 15.0 Å². The summed E-state index contributed by atoms with van der Waals surface area (Å²) in [7, 11) is 0. The molecule has 1 aromatic rings. The summed E-state index contributed by atoms with van der Waals surface area (Å²) in [6.45, 7) is 10.2. The summed E-state index contributed by atoms with van der Waals surface area (Å²) in [6, 6.07) is 0. The van der Waals surface area contributed by atoms with Crippen molar-refractivity contribution in [1.29, 1.82) is 0 Å². The SMILES string of the molecule is CCC(C)CCn1nncc1CCCCC(C)C. The number of aryl methyl sites for hydroxylation is 2. The maximum absolute atomic E-state index is 4.20. The molecule has 3 heteroatoms. The van der Waals surface area contributed by atoms with E-state index in [0.717, 1.165) is 24.8 Å². The van der Waals surface area contributed by atoms with Crippen molar-refractivity contribution < 1.29 is 0 Å². The van der Waals surface area contributed by atoms with Gasteiger partial charge >= 0.3 is 0 Å². The molecular weight excluding hydrogens is 222 g/mol. The number of nitrogens with zero attached hydrogens (tertiary/aromatic N) is 3. The first-order valence-corrected chi connectivity index (χ1v) is 7.50. The van der Waals surface area contributed by atoms with Gasteiger partial charge in [-0.3, -0.25) is 0 Å². The van der Waals surface area contributed by atoms with E-state index in [9.17, 15) is 0 Å². The van der Waals surface area contributed by atoms with Gasteiger partial charge in [-0.2, -0.15) is 0 Å². The van der Waals surface area contributed by atoms with Crippen LogP contribution in [0.2, 0.25) is 0 Å². The van der Waals surface area contributed by atoms with E-state index in [-0.39, 0.29) is 0 Å². The van der Waals surface area contributed by atoms with Crippen LogP contribution in [0.4, 0.5) is 0 Å². The highest BCUT2D eigenvalue weighted by Gasteiger charge is 2.06. The van der Waals surface area contributed by atoms with Crippen molar-refractivity contribution in [2.75, 3.05) is 0 Å². The fourth-order valence-electron chi connectivity index (χ4n) is 2.07. The first kappa shape index (κ1) is 15.2. The fourth-order valence-corrected chi connectivity index (χ4v) is 2.07. The molecule has 104 valence electrons. The Morgan fingerprint density at radius 2 is 1.94 bits per heavy atom. The van der Waals surface area contributed by atoms with Gasteiger partial charge in [0.05, 0.1) is 11.9 Å². The minimum absolute atomic E-state index is 0.781. The molecule has 0 aromatic carbocycles. The summed E-state index contributed by atoms with van der Waals surface area (Å²) in [5.74, 6) is 1.60. The Bertz CT molecular complexity index is 317. The first-order chi connectivity index (χ1) is 8.63. The highest BCUT2D eigenvalue weighted by molar-refractivity contribution is 4.94. The van der Waals surface area contributed by atoms with Crippen LogP contribution in [0.25, 0.3) is 0 Å². The summed E-state index contributed by atoms with van der Waals surface area (Å²) in [5, 5.41) is 8.26. The van der Waals surface area contributed by atoms with Gasteiger partial charge in [0.1, 0.15) is 0 Å². The molecule has 0 aliphatic heterocycles. The van der Waals surface area contributed by atoms with Crippen molar-refractivity contribution >= 4 is 0 Å². The van der Waals surface area contributed by atoms with Crippen LogP contribution in [0.5, 0.6) is 0 Å². The fraction of sp³-hybridized carbons (Fsp3) is 0.867. The molecule has 1 heterocycles. The smallest absolute Gasteiger partial charge is 0.0725 e. The van der Waals surface area contributed by atoms with Gasteiger partial charge in [-0.15, -0.1) is 5.10 Å². The first-order valence-electron chi connectivity index (χ1n) is 7.50. The predicted octanol–water partition coefficient (Wildman–Crippen LogP) is 4.08.